The normalized spacial score (nSPS) is 20.7. The molecule has 35 heavy (non-hydrogen) atoms. The van der Waals surface area contributed by atoms with E-state index in [1.807, 2.05) is 12.1 Å². The van der Waals surface area contributed by atoms with Crippen molar-refractivity contribution in [2.24, 2.45) is 5.73 Å². The van der Waals surface area contributed by atoms with E-state index in [0.29, 0.717) is 52.5 Å². The molecule has 0 bridgehead atoms. The molecule has 0 amide bonds. The number of aromatic nitrogens is 2. The van der Waals surface area contributed by atoms with E-state index in [2.05, 4.69) is 15.3 Å². The number of nitrogens with one attached hydrogen (secondary N) is 1. The third-order valence-corrected chi connectivity index (χ3v) is 6.26. The van der Waals surface area contributed by atoms with Crippen LogP contribution in [0.3, 0.4) is 0 Å². The summed E-state index contributed by atoms with van der Waals surface area (Å²) in [5.41, 5.74) is 8.62. The summed E-state index contributed by atoms with van der Waals surface area (Å²) < 4.78 is 53.8. The van der Waals surface area contributed by atoms with E-state index in [1.165, 1.54) is 18.3 Å². The smallest absolute Gasteiger partial charge is 0.159 e. The van der Waals surface area contributed by atoms with Gasteiger partial charge < -0.3 is 20.5 Å². The summed E-state index contributed by atoms with van der Waals surface area (Å²) in [6.07, 6.45) is 3.63. The molecule has 1 unspecified atom stereocenters. The van der Waals surface area contributed by atoms with E-state index in [0.717, 1.165) is 23.9 Å². The molecule has 1 saturated heterocycles. The van der Waals surface area contributed by atoms with E-state index < -0.39 is 29.3 Å². The summed E-state index contributed by atoms with van der Waals surface area (Å²) in [7, 11) is 0. The average Bonchev–Trinajstić information content (AvgIpc) is 2.86. The van der Waals surface area contributed by atoms with Crippen LogP contribution < -0.4 is 15.8 Å². The van der Waals surface area contributed by atoms with Crippen LogP contribution in [0.1, 0.15) is 11.1 Å². The first kappa shape index (κ1) is 21.7. The molecule has 0 aliphatic carbocycles. The standard InChI is InChI=1S/C26H19F3N4O2/c27-17-5-16(9-31-10-17)14-2-4-23-18(6-14)26(13-32-12-25(30)35-26)19-8-22(33-11-24(19)34-23)15-1-3-20(28)21(29)7-15/h1-11,25,32H,12-13,30H2/t25-,26?/m0/s1. The Labute approximate surface area is 198 Å². The van der Waals surface area contributed by atoms with Crippen LogP contribution in [0.25, 0.3) is 22.4 Å². The lowest BCUT2D eigenvalue weighted by molar-refractivity contribution is -0.0970. The Hall–Kier alpha value is -3.79. The number of nitrogens with two attached hydrogens (primary N) is 1. The summed E-state index contributed by atoms with van der Waals surface area (Å²) in [6.45, 7) is 0.818. The van der Waals surface area contributed by atoms with Crippen molar-refractivity contribution in [3.63, 3.8) is 0 Å². The van der Waals surface area contributed by atoms with Gasteiger partial charge in [0.25, 0.3) is 0 Å². The van der Waals surface area contributed by atoms with Crippen LogP contribution in [-0.2, 0) is 10.3 Å². The van der Waals surface area contributed by atoms with Gasteiger partial charge in [0, 0.05) is 41.5 Å². The molecule has 6 nitrogen and oxygen atoms in total. The summed E-state index contributed by atoms with van der Waals surface area (Å²) in [6, 6.07) is 12.2. The number of rotatable bonds is 2. The minimum absolute atomic E-state index is 0.371. The Morgan fingerprint density at radius 3 is 2.49 bits per heavy atom. The molecule has 9 heteroatoms. The van der Waals surface area contributed by atoms with Gasteiger partial charge in [-0.15, -0.1) is 0 Å². The Morgan fingerprint density at radius 1 is 0.857 bits per heavy atom. The second-order valence-electron chi connectivity index (χ2n) is 8.51. The maximum Gasteiger partial charge on any atom is 0.159 e. The van der Waals surface area contributed by atoms with E-state index >= 15 is 0 Å². The van der Waals surface area contributed by atoms with Crippen LogP contribution in [0.4, 0.5) is 13.2 Å². The maximum absolute atomic E-state index is 13.9. The Balaban J connectivity index is 1.53. The predicted octanol–water partition coefficient (Wildman–Crippen LogP) is 4.48. The second kappa shape index (κ2) is 8.16. The number of fused-ring (bicyclic) bond motifs is 4. The number of nitrogens with zero attached hydrogens (tertiary/aromatic N) is 2. The molecule has 4 heterocycles. The average molecular weight is 476 g/mol. The first-order valence-corrected chi connectivity index (χ1v) is 11.0. The van der Waals surface area contributed by atoms with Gasteiger partial charge in [-0.05, 0) is 48.0 Å². The molecule has 0 saturated carbocycles. The van der Waals surface area contributed by atoms with Crippen molar-refractivity contribution < 1.29 is 22.6 Å². The molecular weight excluding hydrogens is 457 g/mol. The van der Waals surface area contributed by atoms with Gasteiger partial charge in [-0.25, -0.2) is 13.2 Å². The van der Waals surface area contributed by atoms with Crippen LogP contribution in [0.5, 0.6) is 11.5 Å². The highest BCUT2D eigenvalue weighted by molar-refractivity contribution is 5.70. The van der Waals surface area contributed by atoms with Gasteiger partial charge in [-0.1, -0.05) is 6.07 Å². The van der Waals surface area contributed by atoms with Gasteiger partial charge in [0.1, 0.15) is 23.4 Å². The minimum atomic E-state index is -1.06. The van der Waals surface area contributed by atoms with Crippen LogP contribution in [0.2, 0.25) is 0 Å². The van der Waals surface area contributed by atoms with Crippen molar-refractivity contribution in [1.29, 1.82) is 0 Å². The monoisotopic (exact) mass is 476 g/mol. The van der Waals surface area contributed by atoms with Crippen LogP contribution >= 0.6 is 0 Å². The van der Waals surface area contributed by atoms with Crippen molar-refractivity contribution in [1.82, 2.24) is 15.3 Å². The summed E-state index contributed by atoms with van der Waals surface area (Å²) >= 11 is 0. The van der Waals surface area contributed by atoms with Crippen molar-refractivity contribution >= 4 is 0 Å². The number of halogens is 3. The third-order valence-electron chi connectivity index (χ3n) is 6.26. The highest BCUT2D eigenvalue weighted by Crippen LogP contribution is 2.51. The Morgan fingerprint density at radius 2 is 1.69 bits per heavy atom. The number of benzene rings is 2. The van der Waals surface area contributed by atoms with E-state index in [1.54, 1.807) is 18.3 Å². The van der Waals surface area contributed by atoms with Crippen LogP contribution in [-0.4, -0.2) is 29.3 Å². The molecule has 2 aliphatic heterocycles. The number of hydrogen-bond acceptors (Lipinski definition) is 6. The lowest BCUT2D eigenvalue weighted by atomic mass is 9.81. The molecular formula is C26H19F3N4O2. The topological polar surface area (TPSA) is 82.3 Å². The molecule has 2 aliphatic rings. The molecule has 4 aromatic rings. The fraction of sp³-hybridized carbons (Fsp3) is 0.154. The zero-order chi connectivity index (χ0) is 24.2. The molecule has 6 rings (SSSR count). The molecule has 2 atom stereocenters. The first-order valence-electron chi connectivity index (χ1n) is 11.0. The Bertz CT molecular complexity index is 1460. The molecule has 3 N–H and O–H groups in total. The van der Waals surface area contributed by atoms with Crippen molar-refractivity contribution in [2.45, 2.75) is 11.8 Å². The molecule has 0 radical (unpaired) electrons. The number of morpholine rings is 1. The lowest BCUT2D eigenvalue weighted by Crippen LogP contribution is -2.56. The second-order valence-corrected chi connectivity index (χ2v) is 8.51. The molecule has 2 aromatic carbocycles. The molecule has 1 spiro atoms. The van der Waals surface area contributed by atoms with Crippen LogP contribution in [0.15, 0.2) is 67.1 Å². The third kappa shape index (κ3) is 3.65. The van der Waals surface area contributed by atoms with Gasteiger partial charge >= 0.3 is 0 Å². The highest BCUT2D eigenvalue weighted by Gasteiger charge is 2.47. The van der Waals surface area contributed by atoms with Gasteiger partial charge in [-0.3, -0.25) is 9.97 Å². The summed E-state index contributed by atoms with van der Waals surface area (Å²) in [5, 5.41) is 3.31. The SMILES string of the molecule is N[C@@H]1CNCC2(O1)c1cc(-c3cncc(F)c3)ccc1Oc1cnc(-c3ccc(F)c(F)c3)cc12. The molecule has 176 valence electrons. The van der Waals surface area contributed by atoms with E-state index in [9.17, 15) is 13.2 Å². The first-order chi connectivity index (χ1) is 16.9. The van der Waals surface area contributed by atoms with Crippen molar-refractivity contribution in [3.05, 3.63) is 95.7 Å². The van der Waals surface area contributed by atoms with E-state index in [-0.39, 0.29) is 0 Å². The fourth-order valence-electron chi connectivity index (χ4n) is 4.65. The Kier molecular flexibility index (Phi) is 5.06. The number of ether oxygens (including phenoxy) is 2. The van der Waals surface area contributed by atoms with Crippen molar-refractivity contribution in [2.75, 3.05) is 13.1 Å². The zero-order valence-corrected chi connectivity index (χ0v) is 18.3. The largest absolute Gasteiger partial charge is 0.455 e. The number of pyridine rings is 2. The van der Waals surface area contributed by atoms with E-state index in [4.69, 9.17) is 15.2 Å². The number of hydrogen-bond donors (Lipinski definition) is 2. The summed E-state index contributed by atoms with van der Waals surface area (Å²) in [4.78, 5) is 8.35. The van der Waals surface area contributed by atoms with Gasteiger partial charge in [0.2, 0.25) is 0 Å². The highest BCUT2D eigenvalue weighted by atomic mass is 19.2. The fourth-order valence-corrected chi connectivity index (χ4v) is 4.65. The van der Waals surface area contributed by atoms with Gasteiger partial charge in [-0.2, -0.15) is 0 Å². The minimum Gasteiger partial charge on any atom is -0.455 e. The maximum atomic E-state index is 13.9. The van der Waals surface area contributed by atoms with Crippen LogP contribution in [0, 0.1) is 17.5 Å². The molecule has 2 aromatic heterocycles. The van der Waals surface area contributed by atoms with Gasteiger partial charge in [0.05, 0.1) is 18.1 Å². The lowest BCUT2D eigenvalue weighted by Gasteiger charge is -2.44. The summed E-state index contributed by atoms with van der Waals surface area (Å²) in [5.74, 6) is -1.35. The zero-order valence-electron chi connectivity index (χ0n) is 18.3. The van der Waals surface area contributed by atoms with Gasteiger partial charge in [0.15, 0.2) is 17.4 Å². The predicted molar refractivity (Wildman–Crippen MR) is 122 cm³/mol. The van der Waals surface area contributed by atoms with Crippen molar-refractivity contribution in [3.8, 4) is 33.9 Å². The quantitative estimate of drug-likeness (QED) is 0.444. The molecule has 1 fully saturated rings.